The van der Waals surface area contributed by atoms with E-state index < -0.39 is 41.4 Å². The van der Waals surface area contributed by atoms with E-state index in [9.17, 15) is 14.7 Å². The lowest BCUT2D eigenvalue weighted by molar-refractivity contribution is -0.0974. The predicted molar refractivity (Wildman–Crippen MR) is 164 cm³/mol. The molecule has 0 aliphatic carbocycles. The predicted octanol–water partition coefficient (Wildman–Crippen LogP) is 3.70. The second kappa shape index (κ2) is 13.4. The summed E-state index contributed by atoms with van der Waals surface area (Å²) in [5.74, 6) is 1.37. The molecule has 4 atom stereocenters. The van der Waals surface area contributed by atoms with Crippen LogP contribution in [0.5, 0.6) is 11.5 Å². The molecule has 0 bridgehead atoms. The van der Waals surface area contributed by atoms with Gasteiger partial charge in [0, 0.05) is 11.8 Å². The summed E-state index contributed by atoms with van der Waals surface area (Å²) in [5, 5.41) is 11.5. The molecule has 10 nitrogen and oxygen atoms in total. The van der Waals surface area contributed by atoms with Gasteiger partial charge in [-0.15, -0.1) is 6.58 Å². The van der Waals surface area contributed by atoms with Crippen LogP contribution in [-0.4, -0.2) is 60.4 Å². The zero-order valence-corrected chi connectivity index (χ0v) is 24.8. The maximum Gasteiger partial charge on any atom is 0.330 e. The fourth-order valence-corrected chi connectivity index (χ4v) is 5.50. The highest BCUT2D eigenvalue weighted by atomic mass is 16.6. The summed E-state index contributed by atoms with van der Waals surface area (Å²) in [5.41, 5.74) is 0.445. The smallest absolute Gasteiger partial charge is 0.330 e. The van der Waals surface area contributed by atoms with Crippen molar-refractivity contribution in [3.05, 3.63) is 141 Å². The van der Waals surface area contributed by atoms with Gasteiger partial charge >= 0.3 is 5.69 Å². The minimum Gasteiger partial charge on any atom is -0.497 e. The van der Waals surface area contributed by atoms with Crippen LogP contribution < -0.4 is 20.7 Å². The van der Waals surface area contributed by atoms with Crippen LogP contribution in [0.2, 0.25) is 0 Å². The first-order valence-corrected chi connectivity index (χ1v) is 14.2. The number of aliphatic hydroxyl groups is 1. The van der Waals surface area contributed by atoms with E-state index in [0.29, 0.717) is 17.1 Å². The van der Waals surface area contributed by atoms with E-state index in [4.69, 9.17) is 23.7 Å². The van der Waals surface area contributed by atoms with Crippen LogP contribution in [0, 0.1) is 6.92 Å². The van der Waals surface area contributed by atoms with Crippen LogP contribution in [-0.2, 0) is 19.8 Å². The van der Waals surface area contributed by atoms with Crippen molar-refractivity contribution in [2.24, 2.45) is 0 Å². The number of aliphatic hydroxyl groups excluding tert-OH is 1. The van der Waals surface area contributed by atoms with E-state index in [-0.39, 0.29) is 13.2 Å². The van der Waals surface area contributed by atoms with E-state index in [1.165, 1.54) is 10.8 Å². The lowest BCUT2D eigenvalue weighted by Gasteiger charge is -2.37. The number of ether oxygens (including phenoxy) is 5. The first kappa shape index (κ1) is 31.0. The third-order valence-corrected chi connectivity index (χ3v) is 7.78. The van der Waals surface area contributed by atoms with Crippen molar-refractivity contribution in [3.63, 3.8) is 0 Å². The Morgan fingerprint density at radius 1 is 0.932 bits per heavy atom. The third-order valence-electron chi connectivity index (χ3n) is 7.78. The van der Waals surface area contributed by atoms with Crippen LogP contribution in [0.3, 0.4) is 0 Å². The van der Waals surface area contributed by atoms with Gasteiger partial charge in [-0.05, 0) is 47.9 Å². The Morgan fingerprint density at radius 3 is 2.05 bits per heavy atom. The molecule has 2 N–H and O–H groups in total. The highest BCUT2D eigenvalue weighted by molar-refractivity contribution is 5.49. The van der Waals surface area contributed by atoms with Gasteiger partial charge in [-0.1, -0.05) is 60.7 Å². The maximum absolute atomic E-state index is 12.8. The van der Waals surface area contributed by atoms with Gasteiger partial charge in [-0.25, -0.2) is 4.79 Å². The van der Waals surface area contributed by atoms with Crippen molar-refractivity contribution in [2.75, 3.05) is 27.4 Å². The number of nitrogens with zero attached hydrogens (tertiary/aromatic N) is 1. The first-order chi connectivity index (χ1) is 21.3. The van der Waals surface area contributed by atoms with E-state index in [1.54, 1.807) is 27.2 Å². The van der Waals surface area contributed by atoms with Crippen LogP contribution in [0.4, 0.5) is 0 Å². The molecular weight excluding hydrogens is 564 g/mol. The number of nitrogens with one attached hydrogen (secondary N) is 1. The standard InChI is InChI=1S/C34H36N2O8/c1-5-19-42-30-29(37)28(44-32(30)36-20-22(2)31(38)35-33(36)39)21-43-34(23-9-7-6-8-10-23,24-11-15-26(40-3)16-12-24)25-13-17-27(41-4)18-14-25/h5-18,20,28-30,32,37H,1,19,21H2,2-4H3,(H,35,38,39)/t28-,29+,30-,32-/m1/s1. The fourth-order valence-electron chi connectivity index (χ4n) is 5.50. The number of rotatable bonds is 12. The quantitative estimate of drug-likeness (QED) is 0.187. The van der Waals surface area contributed by atoms with Crippen molar-refractivity contribution in [1.29, 1.82) is 0 Å². The molecule has 1 fully saturated rings. The van der Waals surface area contributed by atoms with E-state index in [0.717, 1.165) is 16.7 Å². The maximum atomic E-state index is 12.8. The Hall–Kier alpha value is -4.48. The van der Waals surface area contributed by atoms with E-state index >= 15 is 0 Å². The number of methoxy groups -OCH3 is 2. The minimum absolute atomic E-state index is 0.0876. The molecule has 5 rings (SSSR count). The molecule has 0 spiro atoms. The lowest BCUT2D eigenvalue weighted by Crippen LogP contribution is -2.41. The highest BCUT2D eigenvalue weighted by Gasteiger charge is 2.48. The van der Waals surface area contributed by atoms with Crippen molar-refractivity contribution >= 4 is 0 Å². The number of hydrogen-bond donors (Lipinski definition) is 2. The average Bonchev–Trinajstić information content (AvgIpc) is 3.37. The summed E-state index contributed by atoms with van der Waals surface area (Å²) in [4.78, 5) is 27.1. The number of aromatic amines is 1. The van der Waals surface area contributed by atoms with Gasteiger partial charge in [0.05, 0.1) is 27.4 Å². The van der Waals surface area contributed by atoms with Gasteiger partial charge in [-0.2, -0.15) is 0 Å². The molecule has 10 heteroatoms. The molecule has 1 aliphatic heterocycles. The van der Waals surface area contributed by atoms with Crippen molar-refractivity contribution in [1.82, 2.24) is 9.55 Å². The third kappa shape index (κ3) is 5.97. The summed E-state index contributed by atoms with van der Waals surface area (Å²) in [7, 11) is 3.21. The summed E-state index contributed by atoms with van der Waals surface area (Å²) in [6.07, 6.45) is -1.13. The molecule has 230 valence electrons. The molecule has 0 radical (unpaired) electrons. The molecule has 3 aromatic carbocycles. The van der Waals surface area contributed by atoms with Gasteiger partial charge in [-0.3, -0.25) is 14.3 Å². The van der Waals surface area contributed by atoms with Gasteiger partial charge < -0.3 is 28.8 Å². The van der Waals surface area contributed by atoms with E-state index in [2.05, 4.69) is 11.6 Å². The zero-order valence-electron chi connectivity index (χ0n) is 24.8. The van der Waals surface area contributed by atoms with Gasteiger partial charge in [0.2, 0.25) is 0 Å². The zero-order chi connectivity index (χ0) is 31.3. The van der Waals surface area contributed by atoms with Crippen LogP contribution in [0.15, 0.2) is 107 Å². The molecule has 1 aromatic heterocycles. The van der Waals surface area contributed by atoms with Gasteiger partial charge in [0.1, 0.15) is 35.4 Å². The summed E-state index contributed by atoms with van der Waals surface area (Å²) < 4.78 is 31.2. The molecule has 44 heavy (non-hydrogen) atoms. The molecule has 0 saturated carbocycles. The molecule has 0 amide bonds. The first-order valence-electron chi connectivity index (χ1n) is 14.2. The van der Waals surface area contributed by atoms with Crippen molar-refractivity contribution in [2.45, 2.75) is 37.1 Å². The molecule has 2 heterocycles. The second-order valence-corrected chi connectivity index (χ2v) is 10.4. The minimum atomic E-state index is -1.18. The Kier molecular flexibility index (Phi) is 9.46. The Labute approximate surface area is 255 Å². The highest BCUT2D eigenvalue weighted by Crippen LogP contribution is 2.43. The Bertz CT molecular complexity index is 1620. The monoisotopic (exact) mass is 600 g/mol. The summed E-state index contributed by atoms with van der Waals surface area (Å²) >= 11 is 0. The lowest BCUT2D eigenvalue weighted by atomic mass is 9.80. The fraction of sp³-hybridized carbons (Fsp3) is 0.294. The molecular formula is C34H36N2O8. The normalized spacial score (nSPS) is 19.9. The van der Waals surface area contributed by atoms with Crippen LogP contribution in [0.1, 0.15) is 28.5 Å². The summed E-state index contributed by atoms with van der Waals surface area (Å²) in [6.45, 7) is 5.30. The Balaban J connectivity index is 1.58. The SMILES string of the molecule is C=CCO[C@@H]1[C@@H](O)[C@@H](COC(c2ccccc2)(c2ccc(OC)cc2)c2ccc(OC)cc2)O[C@H]1n1cc(C)c(=O)[nH]c1=O. The van der Waals surface area contributed by atoms with E-state index in [1.807, 2.05) is 78.9 Å². The van der Waals surface area contributed by atoms with Crippen LogP contribution >= 0.6 is 0 Å². The van der Waals surface area contributed by atoms with Gasteiger partial charge in [0.25, 0.3) is 5.56 Å². The second-order valence-electron chi connectivity index (χ2n) is 10.4. The average molecular weight is 601 g/mol. The Morgan fingerprint density at radius 2 is 1.50 bits per heavy atom. The number of aromatic nitrogens is 2. The summed E-state index contributed by atoms with van der Waals surface area (Å²) in [6, 6.07) is 24.9. The topological polar surface area (TPSA) is 121 Å². The molecule has 4 aromatic rings. The molecule has 1 aliphatic rings. The molecule has 1 saturated heterocycles. The largest absolute Gasteiger partial charge is 0.497 e. The number of benzene rings is 3. The van der Waals surface area contributed by atoms with Crippen molar-refractivity contribution in [3.8, 4) is 11.5 Å². The van der Waals surface area contributed by atoms with Gasteiger partial charge in [0.15, 0.2) is 6.23 Å². The molecule has 0 unspecified atom stereocenters. The van der Waals surface area contributed by atoms with Crippen molar-refractivity contribution < 1.29 is 28.8 Å². The number of aryl methyl sites for hydroxylation is 1. The van der Waals surface area contributed by atoms with Crippen LogP contribution in [0.25, 0.3) is 0 Å². The number of H-pyrrole nitrogens is 1. The number of hydrogen-bond acceptors (Lipinski definition) is 8.